The van der Waals surface area contributed by atoms with Crippen LogP contribution < -0.4 is 10.6 Å². The molecule has 1 saturated heterocycles. The van der Waals surface area contributed by atoms with Crippen molar-refractivity contribution >= 4 is 23.5 Å². The zero-order valence-electron chi connectivity index (χ0n) is 14.4. The molecule has 134 valence electrons. The maximum absolute atomic E-state index is 13.8. The lowest BCUT2D eigenvalue weighted by atomic mass is 9.92. The van der Waals surface area contributed by atoms with Crippen LogP contribution in [0.3, 0.4) is 0 Å². The van der Waals surface area contributed by atoms with E-state index in [2.05, 4.69) is 10.6 Å². The van der Waals surface area contributed by atoms with E-state index in [4.69, 9.17) is 0 Å². The number of imide groups is 1. The van der Waals surface area contributed by atoms with Crippen LogP contribution >= 0.6 is 0 Å². The summed E-state index contributed by atoms with van der Waals surface area (Å²) < 4.78 is 13.8. The second-order valence-electron chi connectivity index (χ2n) is 6.34. The normalized spacial score (nSPS) is 19.4. The molecule has 2 aromatic rings. The number of carbonyl (C=O) groups excluding carboxylic acids is 3. The van der Waals surface area contributed by atoms with Crippen molar-refractivity contribution in [2.75, 3.05) is 11.9 Å². The molecule has 1 heterocycles. The Morgan fingerprint density at radius 2 is 1.88 bits per heavy atom. The Morgan fingerprint density at radius 3 is 2.54 bits per heavy atom. The Kier molecular flexibility index (Phi) is 4.46. The van der Waals surface area contributed by atoms with Crippen LogP contribution in [0.5, 0.6) is 0 Å². The van der Waals surface area contributed by atoms with Gasteiger partial charge in [0.15, 0.2) is 0 Å². The smallest absolute Gasteiger partial charge is 0.322 e. The van der Waals surface area contributed by atoms with E-state index in [1.54, 1.807) is 50.2 Å². The Bertz CT molecular complexity index is 885. The highest BCUT2D eigenvalue weighted by molar-refractivity contribution is 6.10. The van der Waals surface area contributed by atoms with Crippen molar-refractivity contribution in [2.45, 2.75) is 19.4 Å². The van der Waals surface area contributed by atoms with E-state index in [1.165, 1.54) is 12.1 Å². The predicted molar refractivity (Wildman–Crippen MR) is 93.8 cm³/mol. The van der Waals surface area contributed by atoms with Gasteiger partial charge in [-0.2, -0.15) is 0 Å². The van der Waals surface area contributed by atoms with E-state index in [0.29, 0.717) is 11.1 Å². The summed E-state index contributed by atoms with van der Waals surface area (Å²) in [5.74, 6) is -1.77. The topological polar surface area (TPSA) is 78.5 Å². The molecule has 1 atom stereocenters. The van der Waals surface area contributed by atoms with Gasteiger partial charge in [-0.15, -0.1) is 0 Å². The first kappa shape index (κ1) is 17.6. The molecule has 0 saturated carbocycles. The van der Waals surface area contributed by atoms with Crippen LogP contribution in [0, 0.1) is 12.7 Å². The molecule has 0 aromatic heterocycles. The summed E-state index contributed by atoms with van der Waals surface area (Å²) in [5.41, 5.74) is 0.0887. The van der Waals surface area contributed by atoms with Gasteiger partial charge >= 0.3 is 6.03 Å². The van der Waals surface area contributed by atoms with E-state index in [9.17, 15) is 18.8 Å². The maximum Gasteiger partial charge on any atom is 0.325 e. The van der Waals surface area contributed by atoms with Crippen LogP contribution in [0.15, 0.2) is 48.5 Å². The van der Waals surface area contributed by atoms with Gasteiger partial charge in [0.1, 0.15) is 17.9 Å². The minimum atomic E-state index is -1.24. The van der Waals surface area contributed by atoms with Crippen LogP contribution in [0.4, 0.5) is 14.9 Å². The van der Waals surface area contributed by atoms with E-state index in [0.717, 1.165) is 4.90 Å². The monoisotopic (exact) mass is 355 g/mol. The van der Waals surface area contributed by atoms with Gasteiger partial charge in [-0.25, -0.2) is 9.18 Å². The zero-order valence-corrected chi connectivity index (χ0v) is 14.4. The van der Waals surface area contributed by atoms with Crippen LogP contribution in [-0.4, -0.2) is 29.3 Å². The van der Waals surface area contributed by atoms with Crippen LogP contribution in [0.2, 0.25) is 0 Å². The number of aryl methyl sites for hydroxylation is 1. The van der Waals surface area contributed by atoms with Crippen LogP contribution in [0.1, 0.15) is 18.1 Å². The Balaban J connectivity index is 1.74. The molecule has 3 rings (SSSR count). The minimum absolute atomic E-state index is 0.00141. The molecule has 1 fully saturated rings. The number of amides is 4. The molecule has 7 heteroatoms. The molecule has 4 amide bonds. The van der Waals surface area contributed by atoms with Gasteiger partial charge in [0.05, 0.1) is 5.69 Å². The van der Waals surface area contributed by atoms with E-state index in [-0.39, 0.29) is 5.69 Å². The molecule has 1 aliphatic heterocycles. The average molecular weight is 355 g/mol. The van der Waals surface area contributed by atoms with Gasteiger partial charge in [-0.3, -0.25) is 14.5 Å². The molecular formula is C19H18FN3O3. The number of halogens is 1. The second kappa shape index (κ2) is 6.59. The summed E-state index contributed by atoms with van der Waals surface area (Å²) in [6.45, 7) is 2.81. The van der Waals surface area contributed by atoms with Crippen molar-refractivity contribution in [2.24, 2.45) is 0 Å². The zero-order chi connectivity index (χ0) is 18.9. The number of benzene rings is 2. The number of anilines is 1. The fourth-order valence-electron chi connectivity index (χ4n) is 2.86. The number of nitrogens with one attached hydrogen (secondary N) is 2. The van der Waals surface area contributed by atoms with Crippen molar-refractivity contribution in [3.8, 4) is 0 Å². The summed E-state index contributed by atoms with van der Waals surface area (Å²) in [6.07, 6.45) is 0. The largest absolute Gasteiger partial charge is 0.325 e. The number of urea groups is 1. The summed E-state index contributed by atoms with van der Waals surface area (Å²) >= 11 is 0. The summed E-state index contributed by atoms with van der Waals surface area (Å²) in [6, 6.07) is 12.5. The van der Waals surface area contributed by atoms with E-state index in [1.807, 2.05) is 0 Å². The Morgan fingerprint density at radius 1 is 1.19 bits per heavy atom. The van der Waals surface area contributed by atoms with Crippen LogP contribution in [-0.2, 0) is 15.1 Å². The fraction of sp³-hybridized carbons (Fsp3) is 0.211. The minimum Gasteiger partial charge on any atom is -0.322 e. The molecular weight excluding hydrogens is 337 g/mol. The number of hydrogen-bond acceptors (Lipinski definition) is 3. The van der Waals surface area contributed by atoms with Gasteiger partial charge in [-0.05, 0) is 37.1 Å². The van der Waals surface area contributed by atoms with Crippen molar-refractivity contribution in [1.29, 1.82) is 0 Å². The number of carbonyl (C=O) groups is 3. The standard InChI is InChI=1S/C19H18FN3O3/c1-12-8-9-15(14(20)10-12)21-16(24)11-23-17(25)19(2,22-18(23)26)13-6-4-3-5-7-13/h3-10H,11H2,1-2H3,(H,21,24)(H,22,26). The number of rotatable bonds is 4. The van der Waals surface area contributed by atoms with E-state index >= 15 is 0 Å². The Hall–Kier alpha value is -3.22. The third-order valence-electron chi connectivity index (χ3n) is 4.33. The molecule has 2 aromatic carbocycles. The summed E-state index contributed by atoms with van der Waals surface area (Å²) in [4.78, 5) is 38.0. The van der Waals surface area contributed by atoms with Gasteiger partial charge in [0, 0.05) is 0 Å². The lowest BCUT2D eigenvalue weighted by Gasteiger charge is -2.22. The lowest BCUT2D eigenvalue weighted by Crippen LogP contribution is -2.42. The molecule has 0 radical (unpaired) electrons. The first-order chi connectivity index (χ1) is 12.3. The Labute approximate surface area is 150 Å². The van der Waals surface area contributed by atoms with Crippen LogP contribution in [0.25, 0.3) is 0 Å². The summed E-state index contributed by atoms with van der Waals surface area (Å²) in [5, 5.41) is 5.00. The highest BCUT2D eigenvalue weighted by atomic mass is 19.1. The van der Waals surface area contributed by atoms with Gasteiger partial charge in [-0.1, -0.05) is 36.4 Å². The van der Waals surface area contributed by atoms with Gasteiger partial charge < -0.3 is 10.6 Å². The molecule has 2 N–H and O–H groups in total. The molecule has 0 aliphatic carbocycles. The quantitative estimate of drug-likeness (QED) is 0.828. The van der Waals surface area contributed by atoms with Crippen molar-refractivity contribution < 1.29 is 18.8 Å². The molecule has 26 heavy (non-hydrogen) atoms. The molecule has 1 unspecified atom stereocenters. The fourth-order valence-corrected chi connectivity index (χ4v) is 2.86. The highest BCUT2D eigenvalue weighted by Crippen LogP contribution is 2.28. The van der Waals surface area contributed by atoms with Crippen molar-refractivity contribution in [3.05, 3.63) is 65.5 Å². The molecule has 0 bridgehead atoms. The SMILES string of the molecule is Cc1ccc(NC(=O)CN2C(=O)NC(C)(c3ccccc3)C2=O)c(F)c1. The van der Waals surface area contributed by atoms with Gasteiger partial charge in [0.25, 0.3) is 5.91 Å². The van der Waals surface area contributed by atoms with Gasteiger partial charge in [0.2, 0.25) is 5.91 Å². The number of hydrogen-bond donors (Lipinski definition) is 2. The average Bonchev–Trinajstić information content (AvgIpc) is 2.82. The predicted octanol–water partition coefficient (Wildman–Crippen LogP) is 2.54. The number of nitrogens with zero attached hydrogens (tertiary/aromatic N) is 1. The summed E-state index contributed by atoms with van der Waals surface area (Å²) in [7, 11) is 0. The second-order valence-corrected chi connectivity index (χ2v) is 6.34. The first-order valence-corrected chi connectivity index (χ1v) is 8.07. The van der Waals surface area contributed by atoms with Crippen molar-refractivity contribution in [3.63, 3.8) is 0 Å². The molecule has 1 aliphatic rings. The molecule has 6 nitrogen and oxygen atoms in total. The first-order valence-electron chi connectivity index (χ1n) is 8.07. The maximum atomic E-state index is 13.8. The third-order valence-corrected chi connectivity index (χ3v) is 4.33. The lowest BCUT2D eigenvalue weighted by molar-refractivity contribution is -0.133. The third kappa shape index (κ3) is 3.15. The molecule has 0 spiro atoms. The van der Waals surface area contributed by atoms with E-state index < -0.39 is 35.7 Å². The van der Waals surface area contributed by atoms with Crippen molar-refractivity contribution in [1.82, 2.24) is 10.2 Å². The highest BCUT2D eigenvalue weighted by Gasteiger charge is 2.49.